The third-order valence-corrected chi connectivity index (χ3v) is 6.96. The van der Waals surface area contributed by atoms with Crippen LogP contribution in [0.5, 0.6) is 0 Å². The summed E-state index contributed by atoms with van der Waals surface area (Å²) in [7, 11) is 0. The molecule has 0 amide bonds. The van der Waals surface area contributed by atoms with Gasteiger partial charge in [0.25, 0.3) is 0 Å². The number of benzene rings is 3. The molecule has 0 radical (unpaired) electrons. The number of alkyl halides is 3. The molecule has 0 bridgehead atoms. The van der Waals surface area contributed by atoms with Crippen LogP contribution in [0.15, 0.2) is 84.0 Å². The summed E-state index contributed by atoms with van der Waals surface area (Å²) in [6.45, 7) is 4.84. The second-order valence-corrected chi connectivity index (χ2v) is 9.26. The molecule has 1 aliphatic rings. The molecular weight excluding hydrogens is 499 g/mol. The molecule has 6 nitrogen and oxygen atoms in total. The Bertz CT molecular complexity index is 1150. The Kier molecular flexibility index (Phi) is 9.85. The van der Waals surface area contributed by atoms with E-state index in [-0.39, 0.29) is 5.84 Å². The molecule has 198 valence electrons. The van der Waals surface area contributed by atoms with Gasteiger partial charge in [-0.15, -0.1) is 5.10 Å². The molecule has 5 N–H and O–H groups in total. The van der Waals surface area contributed by atoms with Crippen LogP contribution in [-0.2, 0) is 17.5 Å². The number of rotatable bonds is 9. The minimum atomic E-state index is -4.39. The zero-order chi connectivity index (χ0) is 26.9. The van der Waals surface area contributed by atoms with Gasteiger partial charge in [-0.05, 0) is 42.0 Å². The molecular formula is C27H32F3N5OS. The minimum absolute atomic E-state index is 0.174. The minimum Gasteiger partial charge on any atom is -0.382 e. The van der Waals surface area contributed by atoms with Gasteiger partial charge in [-0.1, -0.05) is 56.3 Å². The van der Waals surface area contributed by atoms with Crippen molar-refractivity contribution in [1.29, 1.82) is 0 Å². The van der Waals surface area contributed by atoms with Crippen LogP contribution in [0.3, 0.4) is 0 Å². The first-order chi connectivity index (χ1) is 17.7. The molecule has 1 saturated heterocycles. The fraction of sp³-hybridized carbons (Fsp3) is 0.296. The number of hydrogen-bond donors (Lipinski definition) is 3. The largest absolute Gasteiger partial charge is 0.416 e. The number of para-hydroxylation sites is 1. The molecule has 1 aliphatic heterocycles. The van der Waals surface area contributed by atoms with E-state index in [1.165, 1.54) is 17.3 Å². The Morgan fingerprint density at radius 2 is 1.62 bits per heavy atom. The van der Waals surface area contributed by atoms with Crippen LogP contribution in [-0.4, -0.2) is 34.6 Å². The molecule has 0 unspecified atom stereocenters. The van der Waals surface area contributed by atoms with Crippen molar-refractivity contribution in [2.45, 2.75) is 32.2 Å². The fourth-order valence-corrected chi connectivity index (χ4v) is 4.61. The van der Waals surface area contributed by atoms with Crippen LogP contribution in [0, 0.1) is 0 Å². The van der Waals surface area contributed by atoms with E-state index in [9.17, 15) is 13.2 Å². The third-order valence-electron chi connectivity index (χ3n) is 5.50. The molecule has 0 atom stereocenters. The summed E-state index contributed by atoms with van der Waals surface area (Å²) >= 11 is 1.78. The highest BCUT2D eigenvalue weighted by Gasteiger charge is 2.40. The Labute approximate surface area is 219 Å². The highest BCUT2D eigenvalue weighted by Crippen LogP contribution is 2.35. The van der Waals surface area contributed by atoms with Crippen LogP contribution in [0.4, 0.5) is 24.5 Å². The molecule has 0 saturated carbocycles. The molecule has 0 spiro atoms. The number of nitrogens with zero attached hydrogens (tertiary/aromatic N) is 2. The maximum absolute atomic E-state index is 12.8. The van der Waals surface area contributed by atoms with Gasteiger partial charge in [0.2, 0.25) is 0 Å². The van der Waals surface area contributed by atoms with E-state index in [4.69, 9.17) is 16.3 Å². The van der Waals surface area contributed by atoms with Crippen molar-refractivity contribution in [3.8, 4) is 0 Å². The van der Waals surface area contributed by atoms with E-state index in [1.54, 1.807) is 36.0 Å². The Morgan fingerprint density at radius 3 is 2.22 bits per heavy atom. The third kappa shape index (κ3) is 7.88. The maximum Gasteiger partial charge on any atom is 0.416 e. The van der Waals surface area contributed by atoms with Crippen LogP contribution < -0.4 is 16.9 Å². The van der Waals surface area contributed by atoms with Crippen molar-refractivity contribution in [3.05, 3.63) is 95.6 Å². The normalized spacial score (nSPS) is 14.7. The lowest BCUT2D eigenvalue weighted by Gasteiger charge is -2.42. The van der Waals surface area contributed by atoms with Gasteiger partial charge in [0, 0.05) is 28.4 Å². The van der Waals surface area contributed by atoms with Crippen molar-refractivity contribution in [2.75, 3.05) is 23.4 Å². The fourth-order valence-electron chi connectivity index (χ4n) is 3.60. The van der Waals surface area contributed by atoms with Crippen molar-refractivity contribution in [1.82, 2.24) is 5.12 Å². The number of ether oxygens (including phenoxy) is 1. The average Bonchev–Trinajstić information content (AvgIpc) is 2.87. The zero-order valence-electron chi connectivity index (χ0n) is 20.8. The quantitative estimate of drug-likeness (QED) is 0.136. The van der Waals surface area contributed by atoms with Crippen LogP contribution in [0.1, 0.15) is 30.5 Å². The number of thioether (sulfide) groups is 1. The predicted molar refractivity (Wildman–Crippen MR) is 145 cm³/mol. The van der Waals surface area contributed by atoms with E-state index >= 15 is 0 Å². The van der Waals surface area contributed by atoms with Gasteiger partial charge in [-0.25, -0.2) is 11.0 Å². The van der Waals surface area contributed by atoms with Gasteiger partial charge in [-0.2, -0.15) is 24.9 Å². The SMILES string of the molecule is CC.N/C(=N\N(N)CC1(OCc2ccccc2)CSC1)c1ccccc1Nc1ccc(C(F)(F)F)cc1. The lowest BCUT2D eigenvalue weighted by Crippen LogP contribution is -2.55. The van der Waals surface area contributed by atoms with E-state index in [1.807, 2.05) is 44.2 Å². The maximum atomic E-state index is 12.8. The highest BCUT2D eigenvalue weighted by molar-refractivity contribution is 8.00. The second kappa shape index (κ2) is 12.8. The first-order valence-corrected chi connectivity index (χ1v) is 13.1. The van der Waals surface area contributed by atoms with E-state index in [0.717, 1.165) is 29.2 Å². The summed E-state index contributed by atoms with van der Waals surface area (Å²) in [5, 5.41) is 8.73. The molecule has 1 fully saturated rings. The second-order valence-electron chi connectivity index (χ2n) is 8.28. The summed E-state index contributed by atoms with van der Waals surface area (Å²) in [5.41, 5.74) is 7.87. The number of anilines is 2. The molecule has 10 heteroatoms. The van der Waals surface area contributed by atoms with Crippen molar-refractivity contribution >= 4 is 29.0 Å². The molecule has 3 aromatic rings. The molecule has 0 aliphatic carbocycles. The first-order valence-electron chi connectivity index (χ1n) is 11.9. The van der Waals surface area contributed by atoms with E-state index < -0.39 is 17.3 Å². The monoisotopic (exact) mass is 531 g/mol. The zero-order valence-corrected chi connectivity index (χ0v) is 21.6. The van der Waals surface area contributed by atoms with Gasteiger partial charge in [0.1, 0.15) is 5.60 Å². The van der Waals surface area contributed by atoms with Gasteiger partial charge in [-0.3, -0.25) is 0 Å². The average molecular weight is 532 g/mol. The van der Waals surface area contributed by atoms with Gasteiger partial charge in [0.05, 0.1) is 18.7 Å². The summed E-state index contributed by atoms with van der Waals surface area (Å²) in [6, 6.07) is 21.8. The number of hydrogen-bond acceptors (Lipinski definition) is 6. The summed E-state index contributed by atoms with van der Waals surface area (Å²) in [5.74, 6) is 7.96. The lowest BCUT2D eigenvalue weighted by molar-refractivity contribution is -0.137. The van der Waals surface area contributed by atoms with E-state index in [2.05, 4.69) is 10.4 Å². The summed E-state index contributed by atoms with van der Waals surface area (Å²) in [6.07, 6.45) is -4.39. The Balaban J connectivity index is 0.00000186. The summed E-state index contributed by atoms with van der Waals surface area (Å²) in [4.78, 5) is 0. The number of hydrazine groups is 1. The Hall–Kier alpha value is -3.21. The van der Waals surface area contributed by atoms with Crippen molar-refractivity contribution in [2.24, 2.45) is 16.7 Å². The number of nitrogens with two attached hydrogens (primary N) is 2. The smallest absolute Gasteiger partial charge is 0.382 e. The number of amidine groups is 1. The van der Waals surface area contributed by atoms with Crippen LogP contribution in [0.2, 0.25) is 0 Å². The van der Waals surface area contributed by atoms with E-state index in [0.29, 0.717) is 30.1 Å². The highest BCUT2D eigenvalue weighted by atomic mass is 32.2. The van der Waals surface area contributed by atoms with Gasteiger partial charge in [0.15, 0.2) is 5.84 Å². The topological polar surface area (TPSA) is 88.9 Å². The molecule has 4 rings (SSSR count). The molecule has 1 heterocycles. The van der Waals surface area contributed by atoms with Crippen LogP contribution in [0.25, 0.3) is 0 Å². The van der Waals surface area contributed by atoms with Gasteiger partial charge < -0.3 is 15.8 Å². The standard InChI is InChI=1S/C25H26F3N5OS.C2H6/c26-25(27,28)19-10-12-20(13-11-19)31-22-9-5-4-8-21(22)23(29)32-33(30)15-24(16-35-17-24)34-14-18-6-2-1-3-7-18;1-2/h1-13,31H,14-17,30H2,(H2,29,32);1-2H3. The van der Waals surface area contributed by atoms with Crippen LogP contribution >= 0.6 is 11.8 Å². The predicted octanol–water partition coefficient (Wildman–Crippen LogP) is 5.97. The molecule has 0 aromatic heterocycles. The number of halogens is 3. The summed E-state index contributed by atoms with van der Waals surface area (Å²) < 4.78 is 44.7. The first kappa shape index (κ1) is 28.4. The molecule has 37 heavy (non-hydrogen) atoms. The molecule has 3 aromatic carbocycles. The lowest BCUT2D eigenvalue weighted by atomic mass is 10.1. The van der Waals surface area contributed by atoms with Crippen molar-refractivity contribution < 1.29 is 17.9 Å². The van der Waals surface area contributed by atoms with Gasteiger partial charge >= 0.3 is 6.18 Å². The Morgan fingerprint density at radius 1 is 1.00 bits per heavy atom. The number of nitrogens with one attached hydrogen (secondary N) is 1. The number of hydrazone groups is 1. The van der Waals surface area contributed by atoms with Crippen molar-refractivity contribution in [3.63, 3.8) is 0 Å².